The third kappa shape index (κ3) is 3.99. The van der Waals surface area contributed by atoms with Crippen LogP contribution in [-0.2, 0) is 4.74 Å². The number of aromatic nitrogens is 1. The standard InChI is InChI=1S/C11H17N3O3S/c1-7-8(18-6-12-7)9(15)14(5)13-10(16)17-11(2,3)4/h6H,1-5H3,(H,13,16). The molecule has 0 saturated carbocycles. The molecule has 0 bridgehead atoms. The molecule has 0 radical (unpaired) electrons. The molecule has 0 fully saturated rings. The highest BCUT2D eigenvalue weighted by Gasteiger charge is 2.21. The molecule has 0 aliphatic heterocycles. The molecule has 1 N–H and O–H groups in total. The molecule has 7 heteroatoms. The van der Waals surface area contributed by atoms with Gasteiger partial charge in [-0.1, -0.05) is 0 Å². The SMILES string of the molecule is Cc1ncsc1C(=O)N(C)NC(=O)OC(C)(C)C. The number of hydrogen-bond acceptors (Lipinski definition) is 5. The second kappa shape index (κ2) is 5.34. The number of nitrogens with one attached hydrogen (secondary N) is 1. The van der Waals surface area contributed by atoms with Crippen LogP contribution in [0.1, 0.15) is 36.1 Å². The Morgan fingerprint density at radius 1 is 1.44 bits per heavy atom. The summed E-state index contributed by atoms with van der Waals surface area (Å²) in [6, 6.07) is 0. The summed E-state index contributed by atoms with van der Waals surface area (Å²) in [6.07, 6.45) is -0.666. The minimum atomic E-state index is -0.666. The van der Waals surface area contributed by atoms with E-state index >= 15 is 0 Å². The fraction of sp³-hybridized carbons (Fsp3) is 0.545. The van der Waals surface area contributed by atoms with Crippen molar-refractivity contribution in [1.82, 2.24) is 15.4 Å². The third-order valence-electron chi connectivity index (χ3n) is 1.90. The molecule has 0 aliphatic carbocycles. The fourth-order valence-electron chi connectivity index (χ4n) is 1.15. The molecule has 2 amide bonds. The van der Waals surface area contributed by atoms with Gasteiger partial charge in [-0.15, -0.1) is 11.3 Å². The Kier molecular flexibility index (Phi) is 4.28. The smallest absolute Gasteiger partial charge is 0.426 e. The van der Waals surface area contributed by atoms with Crippen LogP contribution < -0.4 is 5.43 Å². The summed E-state index contributed by atoms with van der Waals surface area (Å²) < 4.78 is 5.05. The van der Waals surface area contributed by atoms with Crippen molar-refractivity contribution in [2.45, 2.75) is 33.3 Å². The number of nitrogens with zero attached hydrogens (tertiary/aromatic N) is 2. The quantitative estimate of drug-likeness (QED) is 0.793. The number of hydrazine groups is 1. The molecule has 0 aliphatic rings. The Balaban J connectivity index is 2.61. The largest absolute Gasteiger partial charge is 0.443 e. The zero-order valence-corrected chi connectivity index (χ0v) is 11.9. The summed E-state index contributed by atoms with van der Waals surface area (Å²) >= 11 is 1.23. The van der Waals surface area contributed by atoms with Gasteiger partial charge in [-0.05, 0) is 27.7 Å². The van der Waals surface area contributed by atoms with Gasteiger partial charge in [0.05, 0.1) is 11.2 Å². The van der Waals surface area contributed by atoms with Crippen molar-refractivity contribution in [1.29, 1.82) is 0 Å². The van der Waals surface area contributed by atoms with E-state index < -0.39 is 11.7 Å². The summed E-state index contributed by atoms with van der Waals surface area (Å²) in [5, 5.41) is 1.09. The van der Waals surface area contributed by atoms with Crippen molar-refractivity contribution in [3.05, 3.63) is 16.1 Å². The number of hydrogen-bond donors (Lipinski definition) is 1. The second-order valence-corrected chi connectivity index (χ2v) is 5.60. The van der Waals surface area contributed by atoms with Crippen molar-refractivity contribution < 1.29 is 14.3 Å². The molecule has 0 aromatic carbocycles. The van der Waals surface area contributed by atoms with Crippen molar-refractivity contribution in [2.75, 3.05) is 7.05 Å². The molecule has 0 atom stereocenters. The average Bonchev–Trinajstić information content (AvgIpc) is 2.60. The highest BCUT2D eigenvalue weighted by atomic mass is 32.1. The van der Waals surface area contributed by atoms with E-state index in [9.17, 15) is 9.59 Å². The summed E-state index contributed by atoms with van der Waals surface area (Å²) in [5.41, 5.74) is 3.98. The van der Waals surface area contributed by atoms with Gasteiger partial charge in [0.2, 0.25) is 0 Å². The van der Waals surface area contributed by atoms with Gasteiger partial charge in [0.15, 0.2) is 0 Å². The summed E-state index contributed by atoms with van der Waals surface area (Å²) in [4.78, 5) is 27.9. The average molecular weight is 271 g/mol. The molecule has 1 aromatic rings. The molecular formula is C11H17N3O3S. The number of rotatable bonds is 1. The lowest BCUT2D eigenvalue weighted by molar-refractivity contribution is 0.0335. The van der Waals surface area contributed by atoms with Gasteiger partial charge in [0.1, 0.15) is 10.5 Å². The van der Waals surface area contributed by atoms with Crippen molar-refractivity contribution in [3.8, 4) is 0 Å². The van der Waals surface area contributed by atoms with Gasteiger partial charge in [-0.3, -0.25) is 4.79 Å². The third-order valence-corrected chi connectivity index (χ3v) is 2.82. The number of aryl methyl sites for hydroxylation is 1. The number of ether oxygens (including phenoxy) is 1. The predicted molar refractivity (Wildman–Crippen MR) is 68.3 cm³/mol. The van der Waals surface area contributed by atoms with Gasteiger partial charge < -0.3 is 4.74 Å². The number of carbonyl (C=O) groups is 2. The van der Waals surface area contributed by atoms with Crippen LogP contribution in [0, 0.1) is 6.92 Å². The monoisotopic (exact) mass is 271 g/mol. The molecule has 1 aromatic heterocycles. The maximum atomic E-state index is 12.0. The normalized spacial score (nSPS) is 10.9. The maximum Gasteiger partial charge on any atom is 0.426 e. The van der Waals surface area contributed by atoms with E-state index in [1.54, 1.807) is 33.2 Å². The molecule has 18 heavy (non-hydrogen) atoms. The number of thiazole rings is 1. The topological polar surface area (TPSA) is 71.5 Å². The summed E-state index contributed by atoms with van der Waals surface area (Å²) in [6.45, 7) is 7.00. The Morgan fingerprint density at radius 3 is 2.50 bits per heavy atom. The van der Waals surface area contributed by atoms with Crippen LogP contribution in [0.5, 0.6) is 0 Å². The van der Waals surface area contributed by atoms with Gasteiger partial charge in [0, 0.05) is 7.05 Å². The van der Waals surface area contributed by atoms with Crippen molar-refractivity contribution in [3.63, 3.8) is 0 Å². The number of carbonyl (C=O) groups excluding carboxylic acids is 2. The van der Waals surface area contributed by atoms with E-state index in [4.69, 9.17) is 4.74 Å². The molecule has 1 rings (SSSR count). The maximum absolute atomic E-state index is 12.0. The van der Waals surface area contributed by atoms with Crippen molar-refractivity contribution in [2.24, 2.45) is 0 Å². The van der Waals surface area contributed by atoms with E-state index in [1.807, 2.05) is 0 Å². The first-order chi connectivity index (χ1) is 8.20. The molecule has 1 heterocycles. The molecular weight excluding hydrogens is 254 g/mol. The lowest BCUT2D eigenvalue weighted by atomic mass is 10.2. The van der Waals surface area contributed by atoms with Crippen LogP contribution in [0.4, 0.5) is 4.79 Å². The second-order valence-electron chi connectivity index (χ2n) is 4.74. The van der Waals surface area contributed by atoms with E-state index in [2.05, 4.69) is 10.4 Å². The summed E-state index contributed by atoms with van der Waals surface area (Å²) in [5.74, 6) is -0.319. The van der Waals surface area contributed by atoms with E-state index in [0.29, 0.717) is 10.6 Å². The van der Waals surface area contributed by atoms with Gasteiger partial charge in [0.25, 0.3) is 5.91 Å². The zero-order chi connectivity index (χ0) is 13.9. The first-order valence-electron chi connectivity index (χ1n) is 5.38. The predicted octanol–water partition coefficient (Wildman–Crippen LogP) is 1.96. The van der Waals surface area contributed by atoms with E-state index in [1.165, 1.54) is 18.4 Å². The number of amides is 2. The van der Waals surface area contributed by atoms with Gasteiger partial charge in [-0.25, -0.2) is 20.2 Å². The zero-order valence-electron chi connectivity index (χ0n) is 11.1. The first-order valence-corrected chi connectivity index (χ1v) is 6.26. The Bertz CT molecular complexity index is 451. The molecule has 6 nitrogen and oxygen atoms in total. The minimum absolute atomic E-state index is 0.319. The van der Waals surface area contributed by atoms with Crippen LogP contribution >= 0.6 is 11.3 Å². The van der Waals surface area contributed by atoms with Crippen LogP contribution in [-0.4, -0.2) is 34.6 Å². The van der Waals surface area contributed by atoms with E-state index in [0.717, 1.165) is 5.01 Å². The Labute approximate surface area is 110 Å². The van der Waals surface area contributed by atoms with Crippen LogP contribution in [0.2, 0.25) is 0 Å². The Morgan fingerprint density at radius 2 is 2.06 bits per heavy atom. The van der Waals surface area contributed by atoms with Crippen LogP contribution in [0.15, 0.2) is 5.51 Å². The van der Waals surface area contributed by atoms with Gasteiger partial charge >= 0.3 is 6.09 Å². The van der Waals surface area contributed by atoms with Gasteiger partial charge in [-0.2, -0.15) is 0 Å². The minimum Gasteiger partial charge on any atom is -0.443 e. The van der Waals surface area contributed by atoms with Crippen LogP contribution in [0.25, 0.3) is 0 Å². The molecule has 0 unspecified atom stereocenters. The van der Waals surface area contributed by atoms with Crippen molar-refractivity contribution >= 4 is 23.3 Å². The molecule has 0 spiro atoms. The molecule has 0 saturated heterocycles. The Hall–Kier alpha value is -1.63. The highest BCUT2D eigenvalue weighted by molar-refractivity contribution is 7.11. The molecule has 100 valence electrons. The fourth-order valence-corrected chi connectivity index (χ4v) is 1.93. The van der Waals surface area contributed by atoms with E-state index in [-0.39, 0.29) is 5.91 Å². The highest BCUT2D eigenvalue weighted by Crippen LogP contribution is 2.13. The summed E-state index contributed by atoms with van der Waals surface area (Å²) in [7, 11) is 1.46. The first kappa shape index (κ1) is 14.4. The van der Waals surface area contributed by atoms with Crippen LogP contribution in [0.3, 0.4) is 0 Å². The lowest BCUT2D eigenvalue weighted by Gasteiger charge is -2.23. The lowest BCUT2D eigenvalue weighted by Crippen LogP contribution is -2.45.